The second-order valence-corrected chi connectivity index (χ2v) is 7.97. The summed E-state index contributed by atoms with van der Waals surface area (Å²) < 4.78 is 48.5. The van der Waals surface area contributed by atoms with Gasteiger partial charge in [-0.05, 0) is 60.9 Å². The number of halogens is 1. The van der Waals surface area contributed by atoms with Gasteiger partial charge in [0.05, 0.1) is 13.2 Å². The van der Waals surface area contributed by atoms with E-state index in [9.17, 15) is 12.8 Å². The Labute approximate surface area is 153 Å². The molecule has 0 aliphatic carbocycles. The minimum absolute atomic E-state index is 0.0756. The van der Waals surface area contributed by atoms with Crippen molar-refractivity contribution in [3.63, 3.8) is 0 Å². The van der Waals surface area contributed by atoms with Crippen LogP contribution in [0.25, 0.3) is 0 Å². The molecule has 1 aliphatic rings. The molecule has 5 nitrogen and oxygen atoms in total. The summed E-state index contributed by atoms with van der Waals surface area (Å²) in [6.07, 6.45) is 0. The van der Waals surface area contributed by atoms with Crippen LogP contribution in [-0.4, -0.2) is 39.6 Å². The Morgan fingerprint density at radius 2 is 1.73 bits per heavy atom. The lowest BCUT2D eigenvalue weighted by Gasteiger charge is -2.27. The summed E-state index contributed by atoms with van der Waals surface area (Å²) >= 11 is 0. The van der Waals surface area contributed by atoms with Crippen molar-refractivity contribution in [3.8, 4) is 5.75 Å². The van der Waals surface area contributed by atoms with E-state index in [0.29, 0.717) is 0 Å². The number of nitrogens with zero attached hydrogens (tertiary/aromatic N) is 1. The molecule has 1 aliphatic heterocycles. The lowest BCUT2D eigenvalue weighted by molar-refractivity contribution is 0.0341. The van der Waals surface area contributed by atoms with E-state index in [1.807, 2.05) is 19.9 Å². The lowest BCUT2D eigenvalue weighted by Crippen LogP contribution is -2.35. The summed E-state index contributed by atoms with van der Waals surface area (Å²) in [6.45, 7) is 7.78. The molecule has 3 rings (SSSR count). The van der Waals surface area contributed by atoms with E-state index in [1.165, 1.54) is 12.1 Å². The SMILES string of the molecule is Cc1cc(OS(=O)(=O)c2ccc(F)cc2)c(C)cc1CN1CCOCC1. The van der Waals surface area contributed by atoms with Crippen molar-refractivity contribution in [1.29, 1.82) is 0 Å². The Hall–Kier alpha value is -1.96. The zero-order valence-corrected chi connectivity index (χ0v) is 15.7. The summed E-state index contributed by atoms with van der Waals surface area (Å²) in [7, 11) is -4.00. The van der Waals surface area contributed by atoms with Gasteiger partial charge in [0, 0.05) is 19.6 Å². The molecule has 1 saturated heterocycles. The van der Waals surface area contributed by atoms with Crippen LogP contribution < -0.4 is 4.18 Å². The molecule has 0 saturated carbocycles. The van der Waals surface area contributed by atoms with Crippen LogP contribution in [0.3, 0.4) is 0 Å². The van der Waals surface area contributed by atoms with Gasteiger partial charge in [-0.15, -0.1) is 0 Å². The zero-order chi connectivity index (χ0) is 18.7. The monoisotopic (exact) mass is 379 g/mol. The molecule has 0 bridgehead atoms. The van der Waals surface area contributed by atoms with Gasteiger partial charge in [0.25, 0.3) is 0 Å². The molecule has 0 radical (unpaired) electrons. The van der Waals surface area contributed by atoms with Gasteiger partial charge < -0.3 is 8.92 Å². The lowest BCUT2D eigenvalue weighted by atomic mass is 10.0. The van der Waals surface area contributed by atoms with Gasteiger partial charge in [-0.25, -0.2) is 4.39 Å². The number of morpholine rings is 1. The Balaban J connectivity index is 1.80. The number of hydrogen-bond donors (Lipinski definition) is 0. The highest BCUT2D eigenvalue weighted by atomic mass is 32.2. The number of benzene rings is 2. The van der Waals surface area contributed by atoms with Gasteiger partial charge >= 0.3 is 10.1 Å². The zero-order valence-electron chi connectivity index (χ0n) is 14.9. The third kappa shape index (κ3) is 4.41. The quantitative estimate of drug-likeness (QED) is 0.748. The molecule has 1 fully saturated rings. The maximum Gasteiger partial charge on any atom is 0.339 e. The smallest absolute Gasteiger partial charge is 0.339 e. The van der Waals surface area contributed by atoms with E-state index in [0.717, 1.165) is 61.7 Å². The average molecular weight is 379 g/mol. The van der Waals surface area contributed by atoms with Gasteiger partial charge in [-0.2, -0.15) is 8.42 Å². The van der Waals surface area contributed by atoms with E-state index in [1.54, 1.807) is 6.07 Å². The van der Waals surface area contributed by atoms with Gasteiger partial charge in [0.15, 0.2) is 0 Å². The summed E-state index contributed by atoms with van der Waals surface area (Å²) in [4.78, 5) is 2.23. The molecule has 2 aromatic rings. The molecule has 0 atom stereocenters. The van der Waals surface area contributed by atoms with Gasteiger partial charge in [0.2, 0.25) is 0 Å². The molecule has 0 amide bonds. The minimum Gasteiger partial charge on any atom is -0.379 e. The summed E-state index contributed by atoms with van der Waals surface area (Å²) in [6, 6.07) is 8.28. The van der Waals surface area contributed by atoms with Gasteiger partial charge in [0.1, 0.15) is 16.5 Å². The van der Waals surface area contributed by atoms with E-state index in [4.69, 9.17) is 8.92 Å². The first-order valence-corrected chi connectivity index (χ1v) is 9.86. The second kappa shape index (κ2) is 7.73. The first-order valence-electron chi connectivity index (χ1n) is 8.45. The Bertz CT molecular complexity index is 875. The van der Waals surface area contributed by atoms with Crippen LogP contribution >= 0.6 is 0 Å². The number of hydrogen-bond acceptors (Lipinski definition) is 5. The highest BCUT2D eigenvalue weighted by Gasteiger charge is 2.19. The molecule has 2 aromatic carbocycles. The van der Waals surface area contributed by atoms with Crippen LogP contribution in [0.1, 0.15) is 16.7 Å². The van der Waals surface area contributed by atoms with Crippen LogP contribution in [0.4, 0.5) is 4.39 Å². The normalized spacial score (nSPS) is 15.8. The van der Waals surface area contributed by atoms with Crippen molar-refractivity contribution in [2.75, 3.05) is 26.3 Å². The first kappa shape index (κ1) is 18.8. The summed E-state index contributed by atoms with van der Waals surface area (Å²) in [5.41, 5.74) is 2.84. The minimum atomic E-state index is -4.00. The molecule has 7 heteroatoms. The number of ether oxygens (including phenoxy) is 1. The highest BCUT2D eigenvalue weighted by Crippen LogP contribution is 2.27. The predicted molar refractivity (Wildman–Crippen MR) is 96.2 cm³/mol. The Morgan fingerprint density at radius 3 is 2.38 bits per heavy atom. The number of aryl methyl sites for hydroxylation is 2. The Kier molecular flexibility index (Phi) is 5.60. The van der Waals surface area contributed by atoms with Gasteiger partial charge in [-0.1, -0.05) is 6.07 Å². The van der Waals surface area contributed by atoms with E-state index < -0.39 is 15.9 Å². The predicted octanol–water partition coefficient (Wildman–Crippen LogP) is 3.04. The molecular weight excluding hydrogens is 357 g/mol. The van der Waals surface area contributed by atoms with Crippen molar-refractivity contribution in [1.82, 2.24) is 4.90 Å². The van der Waals surface area contributed by atoms with Crippen molar-refractivity contribution in [2.24, 2.45) is 0 Å². The Morgan fingerprint density at radius 1 is 1.08 bits per heavy atom. The molecule has 26 heavy (non-hydrogen) atoms. The van der Waals surface area contributed by atoms with E-state index >= 15 is 0 Å². The van der Waals surface area contributed by atoms with Crippen molar-refractivity contribution in [2.45, 2.75) is 25.3 Å². The van der Waals surface area contributed by atoms with Crippen molar-refractivity contribution < 1.29 is 21.7 Å². The molecule has 0 aromatic heterocycles. The fraction of sp³-hybridized carbons (Fsp3) is 0.368. The molecular formula is C19H22FNO4S. The number of rotatable bonds is 5. The van der Waals surface area contributed by atoms with Crippen molar-refractivity contribution in [3.05, 3.63) is 58.9 Å². The fourth-order valence-electron chi connectivity index (χ4n) is 2.88. The largest absolute Gasteiger partial charge is 0.379 e. The summed E-state index contributed by atoms with van der Waals surface area (Å²) in [5.74, 6) is -0.207. The topological polar surface area (TPSA) is 55.8 Å². The van der Waals surface area contributed by atoms with Gasteiger partial charge in [-0.3, -0.25) is 4.90 Å². The maximum atomic E-state index is 13.0. The van der Waals surface area contributed by atoms with Crippen molar-refractivity contribution >= 4 is 10.1 Å². The summed E-state index contributed by atoms with van der Waals surface area (Å²) in [5, 5.41) is 0. The fourth-order valence-corrected chi connectivity index (χ4v) is 3.86. The first-order chi connectivity index (χ1) is 12.3. The molecule has 1 heterocycles. The van der Waals surface area contributed by atoms with E-state index in [-0.39, 0.29) is 10.6 Å². The third-order valence-corrected chi connectivity index (χ3v) is 5.68. The van der Waals surface area contributed by atoms with Crippen LogP contribution in [0, 0.1) is 19.7 Å². The molecule has 0 unspecified atom stereocenters. The van der Waals surface area contributed by atoms with Crippen LogP contribution in [0.2, 0.25) is 0 Å². The maximum absolute atomic E-state index is 13.0. The second-order valence-electron chi connectivity index (χ2n) is 6.42. The van der Waals surface area contributed by atoms with E-state index in [2.05, 4.69) is 4.90 Å². The van der Waals surface area contributed by atoms with Crippen LogP contribution in [-0.2, 0) is 21.4 Å². The average Bonchev–Trinajstić information content (AvgIpc) is 2.60. The van der Waals surface area contributed by atoms with Crippen LogP contribution in [0.15, 0.2) is 41.3 Å². The highest BCUT2D eigenvalue weighted by molar-refractivity contribution is 7.87. The molecule has 140 valence electrons. The molecule has 0 spiro atoms. The molecule has 0 N–H and O–H groups in total. The third-order valence-electron chi connectivity index (χ3n) is 4.43. The van der Waals surface area contributed by atoms with Crippen LogP contribution in [0.5, 0.6) is 5.75 Å². The standard InChI is InChI=1S/C19H22FNO4S/c1-14-12-19(25-26(22,23)18-5-3-17(20)4-6-18)15(2)11-16(14)13-21-7-9-24-10-8-21/h3-6,11-12H,7-10,13H2,1-2H3.